The van der Waals surface area contributed by atoms with Gasteiger partial charge in [-0.3, -0.25) is 4.90 Å². The van der Waals surface area contributed by atoms with E-state index < -0.39 is 0 Å². The van der Waals surface area contributed by atoms with E-state index in [4.69, 9.17) is 4.74 Å². The number of fused-ring (bicyclic) bond motifs is 1. The molecule has 2 aliphatic heterocycles. The Morgan fingerprint density at radius 2 is 2.06 bits per heavy atom. The second-order valence-corrected chi connectivity index (χ2v) is 5.49. The third-order valence-corrected chi connectivity index (χ3v) is 4.04. The van der Waals surface area contributed by atoms with E-state index in [-0.39, 0.29) is 0 Å². The van der Waals surface area contributed by atoms with E-state index in [9.17, 15) is 0 Å². The Hall–Kier alpha value is -0.940. The lowest BCUT2D eigenvalue weighted by Gasteiger charge is -2.26. The minimum atomic E-state index is 0.758. The first-order valence-electron chi connectivity index (χ1n) is 7.04. The molecule has 3 heterocycles. The lowest BCUT2D eigenvalue weighted by Crippen LogP contribution is -2.37. The van der Waals surface area contributed by atoms with Crippen LogP contribution in [-0.2, 0) is 24.1 Å². The molecule has 0 amide bonds. The van der Waals surface area contributed by atoms with Gasteiger partial charge in [0.15, 0.2) is 0 Å². The van der Waals surface area contributed by atoms with Crippen LogP contribution >= 0.6 is 0 Å². The standard InChI is InChI=1S/C13H22N4O/c1-11-2-5-17-12(14-15-13(17)10-11)3-4-16-6-8-18-9-7-16/h11H,2-10H2,1H3. The van der Waals surface area contributed by atoms with Gasteiger partial charge in [-0.05, 0) is 12.3 Å². The zero-order valence-corrected chi connectivity index (χ0v) is 11.1. The molecule has 1 atom stereocenters. The summed E-state index contributed by atoms with van der Waals surface area (Å²) < 4.78 is 7.70. The van der Waals surface area contributed by atoms with Gasteiger partial charge in [0.05, 0.1) is 13.2 Å². The fourth-order valence-electron chi connectivity index (χ4n) is 2.81. The summed E-state index contributed by atoms with van der Waals surface area (Å²) >= 11 is 0. The molecule has 5 heteroatoms. The van der Waals surface area contributed by atoms with Crippen molar-refractivity contribution < 1.29 is 4.74 Å². The van der Waals surface area contributed by atoms with Crippen LogP contribution in [0.15, 0.2) is 0 Å². The largest absolute Gasteiger partial charge is 0.379 e. The zero-order chi connectivity index (χ0) is 12.4. The van der Waals surface area contributed by atoms with Gasteiger partial charge in [0.2, 0.25) is 0 Å². The molecule has 1 aromatic heterocycles. The normalized spacial score (nSPS) is 25.1. The Morgan fingerprint density at radius 3 is 2.89 bits per heavy atom. The predicted octanol–water partition coefficient (Wildman–Crippen LogP) is 0.735. The summed E-state index contributed by atoms with van der Waals surface area (Å²) in [6, 6.07) is 0. The van der Waals surface area contributed by atoms with E-state index in [1.165, 1.54) is 18.1 Å². The van der Waals surface area contributed by atoms with Crippen LogP contribution in [0.3, 0.4) is 0 Å². The van der Waals surface area contributed by atoms with Crippen molar-refractivity contribution in [3.8, 4) is 0 Å². The summed E-state index contributed by atoms with van der Waals surface area (Å²) in [5.74, 6) is 3.11. The predicted molar refractivity (Wildman–Crippen MR) is 68.5 cm³/mol. The summed E-state index contributed by atoms with van der Waals surface area (Å²) in [4.78, 5) is 2.45. The van der Waals surface area contributed by atoms with Crippen molar-refractivity contribution in [2.45, 2.75) is 32.7 Å². The number of hydrogen-bond acceptors (Lipinski definition) is 4. The van der Waals surface area contributed by atoms with Crippen molar-refractivity contribution in [3.63, 3.8) is 0 Å². The van der Waals surface area contributed by atoms with E-state index in [1.807, 2.05) is 0 Å². The van der Waals surface area contributed by atoms with Crippen molar-refractivity contribution >= 4 is 0 Å². The second kappa shape index (κ2) is 5.36. The second-order valence-electron chi connectivity index (χ2n) is 5.49. The molecule has 0 spiro atoms. The number of nitrogens with zero attached hydrogens (tertiary/aromatic N) is 4. The third kappa shape index (κ3) is 2.57. The number of hydrogen-bond donors (Lipinski definition) is 0. The van der Waals surface area contributed by atoms with Gasteiger partial charge in [0.25, 0.3) is 0 Å². The molecule has 2 aliphatic rings. The quantitative estimate of drug-likeness (QED) is 0.793. The molecule has 1 saturated heterocycles. The Labute approximate surface area is 108 Å². The monoisotopic (exact) mass is 250 g/mol. The van der Waals surface area contributed by atoms with Gasteiger partial charge in [-0.2, -0.15) is 0 Å². The van der Waals surface area contributed by atoms with Crippen molar-refractivity contribution in [1.82, 2.24) is 19.7 Å². The first-order chi connectivity index (χ1) is 8.83. The van der Waals surface area contributed by atoms with Crippen LogP contribution in [0.4, 0.5) is 0 Å². The average molecular weight is 250 g/mol. The van der Waals surface area contributed by atoms with Crippen molar-refractivity contribution in [3.05, 3.63) is 11.6 Å². The summed E-state index contributed by atoms with van der Waals surface area (Å²) in [5, 5.41) is 8.71. The Morgan fingerprint density at radius 1 is 1.22 bits per heavy atom. The maximum atomic E-state index is 5.36. The molecule has 3 rings (SSSR count). The van der Waals surface area contributed by atoms with Gasteiger partial charge < -0.3 is 9.30 Å². The van der Waals surface area contributed by atoms with Crippen LogP contribution in [0, 0.1) is 5.92 Å². The van der Waals surface area contributed by atoms with Gasteiger partial charge in [-0.1, -0.05) is 6.92 Å². The van der Waals surface area contributed by atoms with Gasteiger partial charge in [0.1, 0.15) is 11.6 Å². The Bertz CT molecular complexity index is 398. The molecule has 0 aromatic carbocycles. The summed E-state index contributed by atoms with van der Waals surface area (Å²) in [6.45, 7) is 8.32. The Kier molecular flexibility index (Phi) is 3.61. The van der Waals surface area contributed by atoms with Crippen LogP contribution in [-0.4, -0.2) is 52.5 Å². The highest BCUT2D eigenvalue weighted by molar-refractivity contribution is 5.00. The molecule has 18 heavy (non-hydrogen) atoms. The number of aromatic nitrogens is 3. The first kappa shape index (κ1) is 12.1. The minimum Gasteiger partial charge on any atom is -0.379 e. The maximum absolute atomic E-state index is 5.36. The molecular weight excluding hydrogens is 228 g/mol. The van der Waals surface area contributed by atoms with Crippen LogP contribution in [0.25, 0.3) is 0 Å². The highest BCUT2D eigenvalue weighted by Gasteiger charge is 2.20. The van der Waals surface area contributed by atoms with Gasteiger partial charge >= 0.3 is 0 Å². The molecule has 0 N–H and O–H groups in total. The zero-order valence-electron chi connectivity index (χ0n) is 11.1. The number of morpholine rings is 1. The molecule has 100 valence electrons. The van der Waals surface area contributed by atoms with Crippen LogP contribution in [0.5, 0.6) is 0 Å². The molecular formula is C13H22N4O. The van der Waals surface area contributed by atoms with E-state index in [1.54, 1.807) is 0 Å². The summed E-state index contributed by atoms with van der Waals surface area (Å²) in [6.07, 6.45) is 3.36. The van der Waals surface area contributed by atoms with E-state index in [2.05, 4.69) is 26.6 Å². The van der Waals surface area contributed by atoms with Gasteiger partial charge in [-0.25, -0.2) is 0 Å². The third-order valence-electron chi connectivity index (χ3n) is 4.04. The fraction of sp³-hybridized carbons (Fsp3) is 0.846. The molecule has 5 nitrogen and oxygen atoms in total. The van der Waals surface area contributed by atoms with Crippen LogP contribution < -0.4 is 0 Å². The lowest BCUT2D eigenvalue weighted by atomic mass is 10.0. The van der Waals surface area contributed by atoms with Crippen molar-refractivity contribution in [2.75, 3.05) is 32.8 Å². The lowest BCUT2D eigenvalue weighted by molar-refractivity contribution is 0.0381. The van der Waals surface area contributed by atoms with E-state index in [0.29, 0.717) is 0 Å². The number of rotatable bonds is 3. The summed E-state index contributed by atoms with van der Waals surface area (Å²) in [7, 11) is 0. The smallest absolute Gasteiger partial charge is 0.134 e. The molecule has 0 bridgehead atoms. The molecule has 0 radical (unpaired) electrons. The molecule has 0 aliphatic carbocycles. The highest BCUT2D eigenvalue weighted by Crippen LogP contribution is 2.19. The van der Waals surface area contributed by atoms with Crippen LogP contribution in [0.1, 0.15) is 25.0 Å². The summed E-state index contributed by atoms with van der Waals surface area (Å²) in [5.41, 5.74) is 0. The van der Waals surface area contributed by atoms with Crippen LogP contribution in [0.2, 0.25) is 0 Å². The Balaban J connectivity index is 1.59. The number of ether oxygens (including phenoxy) is 1. The van der Waals surface area contributed by atoms with Crippen molar-refractivity contribution in [2.24, 2.45) is 5.92 Å². The molecule has 1 fully saturated rings. The maximum Gasteiger partial charge on any atom is 0.134 e. The van der Waals surface area contributed by atoms with Gasteiger partial charge in [0, 0.05) is 39.0 Å². The van der Waals surface area contributed by atoms with E-state index in [0.717, 1.165) is 58.2 Å². The van der Waals surface area contributed by atoms with Gasteiger partial charge in [-0.15, -0.1) is 10.2 Å². The van der Waals surface area contributed by atoms with E-state index >= 15 is 0 Å². The fourth-order valence-corrected chi connectivity index (χ4v) is 2.81. The first-order valence-corrected chi connectivity index (χ1v) is 7.04. The molecule has 1 aromatic rings. The molecule has 1 unspecified atom stereocenters. The SMILES string of the molecule is CC1CCn2c(CCN3CCOCC3)nnc2C1. The topological polar surface area (TPSA) is 43.2 Å². The minimum absolute atomic E-state index is 0.758. The van der Waals surface area contributed by atoms with Crippen molar-refractivity contribution in [1.29, 1.82) is 0 Å². The average Bonchev–Trinajstić information content (AvgIpc) is 2.80. The molecule has 0 saturated carbocycles. The highest BCUT2D eigenvalue weighted by atomic mass is 16.5.